The predicted octanol–water partition coefficient (Wildman–Crippen LogP) is 4.03. The fourth-order valence-corrected chi connectivity index (χ4v) is 2.86. The first-order chi connectivity index (χ1) is 9.65. The molecule has 1 N–H and O–H groups in total. The molecule has 1 heterocycles. The summed E-state index contributed by atoms with van der Waals surface area (Å²) in [6.45, 7) is 6.24. The molecule has 0 aliphatic heterocycles. The number of hydrogen-bond acceptors (Lipinski definition) is 4. The van der Waals surface area contributed by atoms with Crippen LogP contribution in [-0.4, -0.2) is 16.5 Å². The van der Waals surface area contributed by atoms with Crippen LogP contribution in [0, 0.1) is 5.92 Å². The lowest BCUT2D eigenvalue weighted by atomic mass is 10.2. The quantitative estimate of drug-likeness (QED) is 0.818. The van der Waals surface area contributed by atoms with Crippen LogP contribution in [0.3, 0.4) is 0 Å². The lowest BCUT2D eigenvalue weighted by Gasteiger charge is -2.12. The molecule has 0 saturated carbocycles. The van der Waals surface area contributed by atoms with Gasteiger partial charge in [0.2, 0.25) is 0 Å². The van der Waals surface area contributed by atoms with Gasteiger partial charge in [0.1, 0.15) is 11.4 Å². The maximum Gasteiger partial charge on any atom is 0.116 e. The lowest BCUT2D eigenvalue weighted by molar-refractivity contribution is 0.550. The van der Waals surface area contributed by atoms with Crippen LogP contribution in [0.5, 0.6) is 0 Å². The summed E-state index contributed by atoms with van der Waals surface area (Å²) in [6, 6.07) is 7.88. The Balaban J connectivity index is 2.11. The maximum absolute atomic E-state index is 6.10. The number of rotatable bonds is 6. The van der Waals surface area contributed by atoms with Crippen molar-refractivity contribution >= 4 is 23.4 Å². The van der Waals surface area contributed by atoms with Gasteiger partial charge in [-0.25, -0.2) is 9.97 Å². The molecule has 3 nitrogen and oxygen atoms in total. The van der Waals surface area contributed by atoms with Crippen molar-refractivity contribution < 1.29 is 0 Å². The number of aromatic nitrogens is 2. The van der Waals surface area contributed by atoms with Crippen molar-refractivity contribution in [3.8, 4) is 0 Å². The van der Waals surface area contributed by atoms with Gasteiger partial charge in [-0.1, -0.05) is 43.3 Å². The Hall–Kier alpha value is -1.10. The van der Waals surface area contributed by atoms with Crippen LogP contribution in [0.1, 0.15) is 19.4 Å². The van der Waals surface area contributed by atoms with E-state index >= 15 is 0 Å². The van der Waals surface area contributed by atoms with Gasteiger partial charge < -0.3 is 5.32 Å². The SMILES string of the molecule is CC(C)CNCc1ccc(Cl)cc1Sc1ccncn1. The molecule has 0 saturated heterocycles. The van der Waals surface area contributed by atoms with Gasteiger partial charge in [-0.2, -0.15) is 0 Å². The zero-order valence-electron chi connectivity index (χ0n) is 11.6. The molecule has 0 radical (unpaired) electrons. The fraction of sp³-hybridized carbons (Fsp3) is 0.333. The average molecular weight is 308 g/mol. The third-order valence-electron chi connectivity index (χ3n) is 2.67. The first kappa shape index (κ1) is 15.3. The summed E-state index contributed by atoms with van der Waals surface area (Å²) in [5.41, 5.74) is 1.23. The van der Waals surface area contributed by atoms with Gasteiger partial charge in [-0.15, -0.1) is 0 Å². The molecule has 0 atom stereocenters. The Morgan fingerprint density at radius 3 is 2.85 bits per heavy atom. The average Bonchev–Trinajstić information content (AvgIpc) is 2.42. The number of halogens is 1. The molecule has 0 spiro atoms. The van der Waals surface area contributed by atoms with Crippen LogP contribution in [0.4, 0.5) is 0 Å². The molecule has 2 rings (SSSR count). The zero-order chi connectivity index (χ0) is 14.4. The van der Waals surface area contributed by atoms with Crippen LogP contribution >= 0.6 is 23.4 Å². The minimum Gasteiger partial charge on any atom is -0.312 e. The summed E-state index contributed by atoms with van der Waals surface area (Å²) >= 11 is 7.71. The molecule has 20 heavy (non-hydrogen) atoms. The molecule has 1 aromatic carbocycles. The van der Waals surface area contributed by atoms with Gasteiger partial charge in [-0.3, -0.25) is 0 Å². The number of hydrogen-bond donors (Lipinski definition) is 1. The van der Waals surface area contributed by atoms with Gasteiger partial charge in [0.15, 0.2) is 0 Å². The van der Waals surface area contributed by atoms with E-state index < -0.39 is 0 Å². The van der Waals surface area contributed by atoms with Crippen molar-refractivity contribution in [2.24, 2.45) is 5.92 Å². The normalized spacial score (nSPS) is 11.0. The monoisotopic (exact) mass is 307 g/mol. The van der Waals surface area contributed by atoms with E-state index in [2.05, 4.69) is 35.2 Å². The van der Waals surface area contributed by atoms with Crippen molar-refractivity contribution in [1.29, 1.82) is 0 Å². The summed E-state index contributed by atoms with van der Waals surface area (Å²) in [5, 5.41) is 5.13. The van der Waals surface area contributed by atoms with Gasteiger partial charge in [0, 0.05) is 22.7 Å². The number of benzene rings is 1. The highest BCUT2D eigenvalue weighted by Gasteiger charge is 2.07. The van der Waals surface area contributed by atoms with Gasteiger partial charge in [0.05, 0.1) is 0 Å². The zero-order valence-corrected chi connectivity index (χ0v) is 13.2. The van der Waals surface area contributed by atoms with E-state index in [4.69, 9.17) is 11.6 Å². The van der Waals surface area contributed by atoms with Crippen LogP contribution in [0.15, 0.2) is 46.7 Å². The van der Waals surface area contributed by atoms with Crippen molar-refractivity contribution in [2.75, 3.05) is 6.54 Å². The molecule has 0 unspecified atom stereocenters. The van der Waals surface area contributed by atoms with Gasteiger partial charge in [-0.05, 0) is 36.2 Å². The van der Waals surface area contributed by atoms with Crippen molar-refractivity contribution in [3.63, 3.8) is 0 Å². The summed E-state index contributed by atoms with van der Waals surface area (Å²) in [7, 11) is 0. The van der Waals surface area contributed by atoms with E-state index in [0.717, 1.165) is 28.0 Å². The fourth-order valence-electron chi connectivity index (χ4n) is 1.72. The highest BCUT2D eigenvalue weighted by molar-refractivity contribution is 7.99. The van der Waals surface area contributed by atoms with E-state index in [1.165, 1.54) is 5.56 Å². The Morgan fingerprint density at radius 2 is 2.15 bits per heavy atom. The summed E-state index contributed by atoms with van der Waals surface area (Å²) in [5.74, 6) is 0.639. The Morgan fingerprint density at radius 1 is 1.30 bits per heavy atom. The van der Waals surface area contributed by atoms with E-state index in [1.54, 1.807) is 24.3 Å². The van der Waals surface area contributed by atoms with Crippen molar-refractivity contribution in [1.82, 2.24) is 15.3 Å². The number of nitrogens with one attached hydrogen (secondary N) is 1. The van der Waals surface area contributed by atoms with Crippen LogP contribution in [-0.2, 0) is 6.54 Å². The molecule has 106 valence electrons. The van der Waals surface area contributed by atoms with E-state index in [-0.39, 0.29) is 0 Å². The van der Waals surface area contributed by atoms with Gasteiger partial charge in [0.25, 0.3) is 0 Å². The molecule has 2 aromatic rings. The van der Waals surface area contributed by atoms with Crippen LogP contribution < -0.4 is 5.32 Å². The van der Waals surface area contributed by atoms with Gasteiger partial charge >= 0.3 is 0 Å². The highest BCUT2D eigenvalue weighted by atomic mass is 35.5. The number of nitrogens with zero attached hydrogens (tertiary/aromatic N) is 2. The third kappa shape index (κ3) is 4.78. The highest BCUT2D eigenvalue weighted by Crippen LogP contribution is 2.31. The Bertz CT molecular complexity index is 546. The van der Waals surface area contributed by atoms with E-state index in [0.29, 0.717) is 5.92 Å². The minimum atomic E-state index is 0.639. The minimum absolute atomic E-state index is 0.639. The second-order valence-corrected chi connectivity index (χ2v) is 6.43. The lowest BCUT2D eigenvalue weighted by Crippen LogP contribution is -2.19. The van der Waals surface area contributed by atoms with Crippen molar-refractivity contribution in [3.05, 3.63) is 47.4 Å². The maximum atomic E-state index is 6.10. The molecular formula is C15H18ClN3S. The third-order valence-corrected chi connectivity index (χ3v) is 3.95. The molecular weight excluding hydrogens is 290 g/mol. The second kappa shape index (κ2) is 7.62. The Kier molecular flexibility index (Phi) is 5.83. The molecule has 5 heteroatoms. The molecule has 1 aromatic heterocycles. The molecule has 0 aliphatic carbocycles. The molecule has 0 amide bonds. The van der Waals surface area contributed by atoms with Crippen LogP contribution in [0.2, 0.25) is 5.02 Å². The summed E-state index contributed by atoms with van der Waals surface area (Å²) in [6.07, 6.45) is 3.31. The molecule has 0 aliphatic rings. The first-order valence-corrected chi connectivity index (χ1v) is 7.77. The van der Waals surface area contributed by atoms with E-state index in [9.17, 15) is 0 Å². The van der Waals surface area contributed by atoms with Crippen LogP contribution in [0.25, 0.3) is 0 Å². The first-order valence-electron chi connectivity index (χ1n) is 6.58. The Labute approximate surface area is 129 Å². The summed E-state index contributed by atoms with van der Waals surface area (Å²) in [4.78, 5) is 9.31. The molecule has 0 bridgehead atoms. The largest absolute Gasteiger partial charge is 0.312 e. The standard InChI is InChI=1S/C15H18ClN3S/c1-11(2)8-18-9-12-3-4-13(16)7-14(12)20-15-5-6-17-10-19-15/h3-7,10-11,18H,8-9H2,1-2H3. The topological polar surface area (TPSA) is 37.8 Å². The predicted molar refractivity (Wildman–Crippen MR) is 84.2 cm³/mol. The second-order valence-electron chi connectivity index (χ2n) is 4.93. The van der Waals surface area contributed by atoms with Crippen molar-refractivity contribution in [2.45, 2.75) is 30.3 Å². The summed E-state index contributed by atoms with van der Waals surface area (Å²) < 4.78 is 0. The van der Waals surface area contributed by atoms with E-state index in [1.807, 2.05) is 18.2 Å². The molecule has 0 fully saturated rings. The smallest absolute Gasteiger partial charge is 0.116 e.